The van der Waals surface area contributed by atoms with Gasteiger partial charge in [-0.3, -0.25) is 9.67 Å². The molecule has 0 N–H and O–H groups in total. The third kappa shape index (κ3) is 3.95. The van der Waals surface area contributed by atoms with Crippen molar-refractivity contribution in [2.45, 2.75) is 32.7 Å². The van der Waals surface area contributed by atoms with Crippen LogP contribution in [0.25, 0.3) is 17.2 Å². The minimum atomic E-state index is -0.298. The molecule has 3 aromatic heterocycles. The quantitative estimate of drug-likeness (QED) is 0.493. The van der Waals surface area contributed by atoms with E-state index in [1.165, 1.54) is 12.1 Å². The zero-order valence-electron chi connectivity index (χ0n) is 15.5. The molecule has 0 atom stereocenters. The molecule has 0 fully saturated rings. The zero-order valence-corrected chi connectivity index (χ0v) is 15.5. The summed E-state index contributed by atoms with van der Waals surface area (Å²) in [5.41, 5.74) is 2.41. The van der Waals surface area contributed by atoms with Crippen LogP contribution in [0.5, 0.6) is 0 Å². The summed E-state index contributed by atoms with van der Waals surface area (Å²) >= 11 is 0. The lowest BCUT2D eigenvalue weighted by atomic mass is 10.2. The Hall–Kier alpha value is -3.42. The smallest absolute Gasteiger partial charge is 0.185 e. The van der Waals surface area contributed by atoms with Gasteiger partial charge in [0.15, 0.2) is 11.6 Å². The molecule has 0 amide bonds. The van der Waals surface area contributed by atoms with E-state index in [0.717, 1.165) is 24.9 Å². The fourth-order valence-corrected chi connectivity index (χ4v) is 2.87. The average Bonchev–Trinajstić information content (AvgIpc) is 3.35. The minimum Gasteiger partial charge on any atom is -0.265 e. The summed E-state index contributed by atoms with van der Waals surface area (Å²) in [6, 6.07) is 10.0. The molecule has 0 unspecified atom stereocenters. The second kappa shape index (κ2) is 8.08. The van der Waals surface area contributed by atoms with E-state index in [1.807, 2.05) is 23.0 Å². The van der Waals surface area contributed by atoms with Crippen molar-refractivity contribution in [2.24, 2.45) is 0 Å². The van der Waals surface area contributed by atoms with Gasteiger partial charge in [0.1, 0.15) is 11.5 Å². The number of aromatic nitrogens is 7. The van der Waals surface area contributed by atoms with Crippen LogP contribution in [0.4, 0.5) is 4.39 Å². The highest BCUT2D eigenvalue weighted by Gasteiger charge is 2.17. The van der Waals surface area contributed by atoms with Gasteiger partial charge in [0.25, 0.3) is 0 Å². The predicted octanol–water partition coefficient (Wildman–Crippen LogP) is 3.45. The van der Waals surface area contributed by atoms with E-state index in [4.69, 9.17) is 4.98 Å². The van der Waals surface area contributed by atoms with Gasteiger partial charge < -0.3 is 0 Å². The molecule has 0 saturated heterocycles. The molecule has 142 valence electrons. The highest BCUT2D eigenvalue weighted by Crippen LogP contribution is 2.20. The third-order valence-corrected chi connectivity index (χ3v) is 4.34. The van der Waals surface area contributed by atoms with Crippen LogP contribution in [0, 0.1) is 5.82 Å². The molecule has 0 aliphatic heterocycles. The maximum atomic E-state index is 13.4. The van der Waals surface area contributed by atoms with E-state index in [1.54, 1.807) is 29.2 Å². The van der Waals surface area contributed by atoms with Crippen LogP contribution in [0.1, 0.15) is 31.2 Å². The number of benzene rings is 1. The standard InChI is InChI=1S/C20H20FN7/c1-2-3-12-27-14-18(24-26-27)20-23-19(13-15-8-10-22-11-9-15)25-28(20)17-6-4-16(21)5-7-17/h4-11,14H,2-3,12-13H2,1H3. The number of halogens is 1. The molecule has 1 aromatic carbocycles. The first-order chi connectivity index (χ1) is 13.7. The first kappa shape index (κ1) is 18.0. The van der Waals surface area contributed by atoms with Crippen molar-refractivity contribution in [3.8, 4) is 17.2 Å². The Bertz CT molecular complexity index is 1040. The highest BCUT2D eigenvalue weighted by molar-refractivity contribution is 5.52. The van der Waals surface area contributed by atoms with Crippen LogP contribution < -0.4 is 0 Å². The number of pyridine rings is 1. The van der Waals surface area contributed by atoms with Crippen molar-refractivity contribution in [2.75, 3.05) is 0 Å². The Labute approximate surface area is 161 Å². The number of rotatable bonds is 7. The lowest BCUT2D eigenvalue weighted by Gasteiger charge is -2.03. The Morgan fingerprint density at radius 3 is 2.57 bits per heavy atom. The Morgan fingerprint density at radius 1 is 1.04 bits per heavy atom. The molecule has 0 aliphatic rings. The molecule has 0 bridgehead atoms. The van der Waals surface area contributed by atoms with Crippen molar-refractivity contribution < 1.29 is 4.39 Å². The molecule has 0 saturated carbocycles. The van der Waals surface area contributed by atoms with Gasteiger partial charge in [-0.15, -0.1) is 5.10 Å². The maximum absolute atomic E-state index is 13.4. The number of nitrogens with zero attached hydrogens (tertiary/aromatic N) is 7. The molecular weight excluding hydrogens is 357 g/mol. The van der Waals surface area contributed by atoms with Crippen LogP contribution >= 0.6 is 0 Å². The lowest BCUT2D eigenvalue weighted by molar-refractivity contribution is 0.553. The van der Waals surface area contributed by atoms with Gasteiger partial charge in [0.2, 0.25) is 0 Å². The molecule has 0 spiro atoms. The first-order valence-corrected chi connectivity index (χ1v) is 9.24. The van der Waals surface area contributed by atoms with Crippen molar-refractivity contribution in [3.63, 3.8) is 0 Å². The summed E-state index contributed by atoms with van der Waals surface area (Å²) in [6.45, 7) is 2.94. The number of hydrogen-bond donors (Lipinski definition) is 0. The highest BCUT2D eigenvalue weighted by atomic mass is 19.1. The van der Waals surface area contributed by atoms with Crippen LogP contribution in [-0.2, 0) is 13.0 Å². The van der Waals surface area contributed by atoms with E-state index in [2.05, 4.69) is 27.3 Å². The summed E-state index contributed by atoms with van der Waals surface area (Å²) in [7, 11) is 0. The molecule has 4 rings (SSSR count). The van der Waals surface area contributed by atoms with E-state index < -0.39 is 0 Å². The molecule has 3 heterocycles. The van der Waals surface area contributed by atoms with E-state index in [-0.39, 0.29) is 5.82 Å². The molecule has 28 heavy (non-hydrogen) atoms. The number of hydrogen-bond acceptors (Lipinski definition) is 5. The Kier molecular flexibility index (Phi) is 5.18. The van der Waals surface area contributed by atoms with Crippen molar-refractivity contribution >= 4 is 0 Å². The maximum Gasteiger partial charge on any atom is 0.185 e. The molecule has 7 nitrogen and oxygen atoms in total. The SMILES string of the molecule is CCCCn1cc(-c2nc(Cc3ccncc3)nn2-c2ccc(F)cc2)nn1. The van der Waals surface area contributed by atoms with Crippen LogP contribution in [0.2, 0.25) is 0 Å². The number of aryl methyl sites for hydroxylation is 1. The summed E-state index contributed by atoms with van der Waals surface area (Å²) in [5, 5.41) is 13.1. The van der Waals surface area contributed by atoms with Crippen LogP contribution in [-0.4, -0.2) is 34.7 Å². The van der Waals surface area contributed by atoms with Gasteiger partial charge in [-0.05, 0) is 48.4 Å². The Morgan fingerprint density at radius 2 is 1.82 bits per heavy atom. The molecule has 0 radical (unpaired) electrons. The topological polar surface area (TPSA) is 74.3 Å². The number of unbranched alkanes of at least 4 members (excludes halogenated alkanes) is 1. The second-order valence-corrected chi connectivity index (χ2v) is 6.49. The lowest BCUT2D eigenvalue weighted by Crippen LogP contribution is -2.00. The first-order valence-electron chi connectivity index (χ1n) is 9.24. The molecule has 4 aromatic rings. The molecular formula is C20H20FN7. The largest absolute Gasteiger partial charge is 0.265 e. The van der Waals surface area contributed by atoms with Crippen LogP contribution in [0.15, 0.2) is 55.0 Å². The third-order valence-electron chi connectivity index (χ3n) is 4.34. The van der Waals surface area contributed by atoms with E-state index in [0.29, 0.717) is 29.5 Å². The fourth-order valence-electron chi connectivity index (χ4n) is 2.87. The zero-order chi connectivity index (χ0) is 19.3. The monoisotopic (exact) mass is 377 g/mol. The van der Waals surface area contributed by atoms with Crippen molar-refractivity contribution in [3.05, 3.63) is 72.2 Å². The van der Waals surface area contributed by atoms with E-state index >= 15 is 0 Å². The summed E-state index contributed by atoms with van der Waals surface area (Å²) in [4.78, 5) is 8.73. The van der Waals surface area contributed by atoms with Gasteiger partial charge >= 0.3 is 0 Å². The second-order valence-electron chi connectivity index (χ2n) is 6.49. The van der Waals surface area contributed by atoms with Gasteiger partial charge in [0, 0.05) is 25.4 Å². The summed E-state index contributed by atoms with van der Waals surface area (Å²) in [6.07, 6.45) is 8.03. The summed E-state index contributed by atoms with van der Waals surface area (Å²) < 4.78 is 16.9. The molecule has 0 aliphatic carbocycles. The van der Waals surface area contributed by atoms with Crippen molar-refractivity contribution in [1.29, 1.82) is 0 Å². The molecule has 8 heteroatoms. The van der Waals surface area contributed by atoms with Crippen molar-refractivity contribution in [1.82, 2.24) is 34.7 Å². The van der Waals surface area contributed by atoms with Gasteiger partial charge in [-0.25, -0.2) is 14.1 Å². The average molecular weight is 377 g/mol. The van der Waals surface area contributed by atoms with E-state index in [9.17, 15) is 4.39 Å². The summed E-state index contributed by atoms with van der Waals surface area (Å²) in [5.74, 6) is 0.931. The predicted molar refractivity (Wildman–Crippen MR) is 102 cm³/mol. The minimum absolute atomic E-state index is 0.298. The van der Waals surface area contributed by atoms with Gasteiger partial charge in [0.05, 0.1) is 11.9 Å². The fraction of sp³-hybridized carbons (Fsp3) is 0.250. The van der Waals surface area contributed by atoms with Gasteiger partial charge in [-0.1, -0.05) is 18.6 Å². The normalized spacial score (nSPS) is 11.1. The van der Waals surface area contributed by atoms with Gasteiger partial charge in [-0.2, -0.15) is 5.10 Å². The van der Waals surface area contributed by atoms with Crippen LogP contribution in [0.3, 0.4) is 0 Å². The Balaban J connectivity index is 1.72.